The van der Waals surface area contributed by atoms with Crippen LogP contribution in [0.5, 0.6) is 5.75 Å². The molecule has 0 aliphatic carbocycles. The molecular weight excluding hydrogens is 530 g/mol. The van der Waals surface area contributed by atoms with E-state index < -0.39 is 35.6 Å². The van der Waals surface area contributed by atoms with Gasteiger partial charge >= 0.3 is 6.09 Å². The molecule has 3 aromatic carbocycles. The summed E-state index contributed by atoms with van der Waals surface area (Å²) in [5.41, 5.74) is 0.733. The SMILES string of the molecule is CCCCCN(C(=O)C(NC(=O)OC(C)(C)C)C(C)C)C(C(=O)Nc1ccc2ccccc2c1)c1cccc(C)c1O. The van der Waals surface area contributed by atoms with Crippen molar-refractivity contribution in [1.82, 2.24) is 10.2 Å². The summed E-state index contributed by atoms with van der Waals surface area (Å²) in [6.45, 7) is 13.0. The van der Waals surface area contributed by atoms with E-state index in [-0.39, 0.29) is 18.2 Å². The highest BCUT2D eigenvalue weighted by Gasteiger charge is 2.38. The Hall–Kier alpha value is -4.07. The van der Waals surface area contributed by atoms with Gasteiger partial charge in [-0.25, -0.2) is 4.79 Å². The van der Waals surface area contributed by atoms with Crippen molar-refractivity contribution in [2.24, 2.45) is 5.92 Å². The third-order valence-electron chi connectivity index (χ3n) is 7.03. The largest absolute Gasteiger partial charge is 0.507 e. The molecule has 0 aliphatic heterocycles. The van der Waals surface area contributed by atoms with Crippen LogP contribution in [0.25, 0.3) is 10.8 Å². The topological polar surface area (TPSA) is 108 Å². The molecule has 0 radical (unpaired) electrons. The van der Waals surface area contributed by atoms with Gasteiger partial charge in [-0.3, -0.25) is 9.59 Å². The lowest BCUT2D eigenvalue weighted by Gasteiger charge is -2.36. The van der Waals surface area contributed by atoms with Gasteiger partial charge < -0.3 is 25.4 Å². The number of hydrogen-bond acceptors (Lipinski definition) is 5. The Morgan fingerprint density at radius 1 is 0.952 bits per heavy atom. The van der Waals surface area contributed by atoms with E-state index in [0.717, 1.165) is 23.6 Å². The van der Waals surface area contributed by atoms with Crippen molar-refractivity contribution >= 4 is 34.4 Å². The van der Waals surface area contributed by atoms with Gasteiger partial charge in [-0.15, -0.1) is 0 Å². The monoisotopic (exact) mass is 575 g/mol. The first-order valence-corrected chi connectivity index (χ1v) is 14.7. The number of aryl methyl sites for hydroxylation is 1. The second-order valence-electron chi connectivity index (χ2n) is 12.1. The molecule has 0 spiro atoms. The number of hydrogen-bond donors (Lipinski definition) is 3. The molecule has 3 N–H and O–H groups in total. The van der Waals surface area contributed by atoms with Crippen molar-refractivity contribution in [3.63, 3.8) is 0 Å². The molecule has 0 saturated carbocycles. The Morgan fingerprint density at radius 3 is 2.29 bits per heavy atom. The Morgan fingerprint density at radius 2 is 1.64 bits per heavy atom. The van der Waals surface area contributed by atoms with Crippen LogP contribution in [0.2, 0.25) is 0 Å². The molecule has 8 heteroatoms. The van der Waals surface area contributed by atoms with E-state index in [1.54, 1.807) is 45.9 Å². The number of alkyl carbamates (subject to hydrolysis) is 1. The van der Waals surface area contributed by atoms with Gasteiger partial charge in [0.2, 0.25) is 5.91 Å². The third kappa shape index (κ3) is 8.47. The molecule has 0 fully saturated rings. The minimum atomic E-state index is -1.15. The summed E-state index contributed by atoms with van der Waals surface area (Å²) < 4.78 is 5.45. The molecule has 3 rings (SSSR count). The summed E-state index contributed by atoms with van der Waals surface area (Å²) in [5, 5.41) is 18.9. The van der Waals surface area contributed by atoms with Crippen LogP contribution in [-0.4, -0.2) is 46.1 Å². The van der Waals surface area contributed by atoms with E-state index in [1.165, 1.54) is 4.90 Å². The molecular formula is C34H45N3O5. The van der Waals surface area contributed by atoms with Crippen LogP contribution in [0.15, 0.2) is 60.7 Å². The molecule has 42 heavy (non-hydrogen) atoms. The smallest absolute Gasteiger partial charge is 0.408 e. The van der Waals surface area contributed by atoms with Gasteiger partial charge in [0.05, 0.1) is 0 Å². The molecule has 3 aromatic rings. The Kier molecular flexibility index (Phi) is 11.0. The quantitative estimate of drug-likeness (QED) is 0.211. The van der Waals surface area contributed by atoms with Crippen molar-refractivity contribution in [2.75, 3.05) is 11.9 Å². The molecule has 0 heterocycles. The fraction of sp³-hybridized carbons (Fsp3) is 0.441. The summed E-state index contributed by atoms with van der Waals surface area (Å²) >= 11 is 0. The van der Waals surface area contributed by atoms with Crippen molar-refractivity contribution in [3.05, 3.63) is 71.8 Å². The maximum atomic E-state index is 14.3. The minimum absolute atomic E-state index is 0.0503. The van der Waals surface area contributed by atoms with Crippen molar-refractivity contribution in [1.29, 1.82) is 0 Å². The minimum Gasteiger partial charge on any atom is -0.507 e. The predicted octanol–water partition coefficient (Wildman–Crippen LogP) is 7.10. The standard InChI is InChI=1S/C34H45N3O5/c1-8-9-12-20-37(32(40)28(22(2)3)36-33(41)42-34(5,6)7)29(27-17-13-14-23(4)30(27)38)31(39)35-26-19-18-24-15-10-11-16-25(24)21-26/h10-11,13-19,21-22,28-29,38H,8-9,12,20H2,1-7H3,(H,35,39)(H,36,41). The maximum absolute atomic E-state index is 14.3. The van der Waals surface area contributed by atoms with Crippen LogP contribution in [0.4, 0.5) is 10.5 Å². The fourth-order valence-corrected chi connectivity index (χ4v) is 4.86. The van der Waals surface area contributed by atoms with Gasteiger partial charge in [0.15, 0.2) is 0 Å². The number of para-hydroxylation sites is 1. The lowest BCUT2D eigenvalue weighted by Crippen LogP contribution is -2.54. The van der Waals surface area contributed by atoms with Crippen LogP contribution in [0.3, 0.4) is 0 Å². The van der Waals surface area contributed by atoms with E-state index in [4.69, 9.17) is 4.74 Å². The summed E-state index contributed by atoms with van der Waals surface area (Å²) in [4.78, 5) is 42.7. The second-order valence-corrected chi connectivity index (χ2v) is 12.1. The van der Waals surface area contributed by atoms with E-state index in [2.05, 4.69) is 17.6 Å². The predicted molar refractivity (Wildman–Crippen MR) is 167 cm³/mol. The first-order chi connectivity index (χ1) is 19.8. The average molecular weight is 576 g/mol. The highest BCUT2D eigenvalue weighted by atomic mass is 16.6. The lowest BCUT2D eigenvalue weighted by molar-refractivity contribution is -0.141. The zero-order valence-corrected chi connectivity index (χ0v) is 25.9. The number of phenolic OH excluding ortho intramolecular Hbond substituents is 1. The molecule has 2 atom stereocenters. The number of rotatable bonds is 11. The van der Waals surface area contributed by atoms with E-state index in [1.807, 2.05) is 56.3 Å². The van der Waals surface area contributed by atoms with Crippen molar-refractivity contribution in [2.45, 2.75) is 85.4 Å². The van der Waals surface area contributed by atoms with E-state index in [0.29, 0.717) is 23.2 Å². The fourth-order valence-electron chi connectivity index (χ4n) is 4.86. The van der Waals surface area contributed by atoms with Gasteiger partial charge in [-0.1, -0.05) is 82.1 Å². The molecule has 3 amide bonds. The number of ether oxygens (including phenoxy) is 1. The van der Waals surface area contributed by atoms with Crippen LogP contribution < -0.4 is 10.6 Å². The Bertz CT molecular complexity index is 1400. The molecule has 0 bridgehead atoms. The van der Waals surface area contributed by atoms with Gasteiger partial charge in [0.1, 0.15) is 23.4 Å². The molecule has 0 aliphatic rings. The van der Waals surface area contributed by atoms with Crippen LogP contribution >= 0.6 is 0 Å². The zero-order valence-electron chi connectivity index (χ0n) is 25.9. The van der Waals surface area contributed by atoms with Crippen molar-refractivity contribution in [3.8, 4) is 5.75 Å². The third-order valence-corrected chi connectivity index (χ3v) is 7.03. The van der Waals surface area contributed by atoms with Gasteiger partial charge in [-0.05, 0) is 68.5 Å². The van der Waals surface area contributed by atoms with Gasteiger partial charge in [-0.2, -0.15) is 0 Å². The normalized spacial score (nSPS) is 13.0. The van der Waals surface area contributed by atoms with E-state index >= 15 is 0 Å². The Labute approximate surface area is 249 Å². The summed E-state index contributed by atoms with van der Waals surface area (Å²) in [6.07, 6.45) is 1.69. The number of benzene rings is 3. The summed E-state index contributed by atoms with van der Waals surface area (Å²) in [7, 11) is 0. The first kappa shape index (κ1) is 32.4. The number of carbonyl (C=O) groups excluding carboxylic acids is 3. The number of anilines is 1. The summed E-state index contributed by atoms with van der Waals surface area (Å²) in [6, 6.07) is 16.5. The first-order valence-electron chi connectivity index (χ1n) is 14.7. The number of nitrogens with one attached hydrogen (secondary N) is 2. The van der Waals surface area contributed by atoms with E-state index in [9.17, 15) is 19.5 Å². The second kappa shape index (κ2) is 14.2. The number of amides is 3. The Balaban J connectivity index is 2.07. The number of nitrogens with zero attached hydrogens (tertiary/aromatic N) is 1. The highest BCUT2D eigenvalue weighted by molar-refractivity contribution is 6.00. The average Bonchev–Trinajstić information content (AvgIpc) is 2.91. The maximum Gasteiger partial charge on any atom is 0.408 e. The van der Waals surface area contributed by atoms with Crippen LogP contribution in [0, 0.1) is 12.8 Å². The van der Waals surface area contributed by atoms with Crippen molar-refractivity contribution < 1.29 is 24.2 Å². The molecule has 0 saturated heterocycles. The van der Waals surface area contributed by atoms with Crippen LogP contribution in [-0.2, 0) is 14.3 Å². The molecule has 0 aromatic heterocycles. The number of carbonyl (C=O) groups is 3. The van der Waals surface area contributed by atoms with Gasteiger partial charge in [0, 0.05) is 17.8 Å². The highest BCUT2D eigenvalue weighted by Crippen LogP contribution is 2.34. The molecule has 8 nitrogen and oxygen atoms in total. The lowest BCUT2D eigenvalue weighted by atomic mass is 9.96. The zero-order chi connectivity index (χ0) is 31.0. The summed E-state index contributed by atoms with van der Waals surface area (Å²) in [5.74, 6) is -1.23. The number of unbranched alkanes of at least 4 members (excludes halogenated alkanes) is 2. The van der Waals surface area contributed by atoms with Crippen LogP contribution in [0.1, 0.15) is 78.0 Å². The molecule has 226 valence electrons. The number of aromatic hydroxyl groups is 1. The number of fused-ring (bicyclic) bond motifs is 1. The van der Waals surface area contributed by atoms with Gasteiger partial charge in [0.25, 0.3) is 5.91 Å². The number of phenols is 1. The molecule has 2 unspecified atom stereocenters.